The summed E-state index contributed by atoms with van der Waals surface area (Å²) in [5.74, 6) is -0.0890. The smallest absolute Gasteiger partial charge is 0.344 e. The van der Waals surface area contributed by atoms with Gasteiger partial charge in [0.2, 0.25) is 5.91 Å². The van der Waals surface area contributed by atoms with Crippen LogP contribution in [0.3, 0.4) is 0 Å². The molecule has 25 heavy (non-hydrogen) atoms. The van der Waals surface area contributed by atoms with E-state index in [-0.39, 0.29) is 5.91 Å². The monoisotopic (exact) mass is 368 g/mol. The topological polar surface area (TPSA) is 78.9 Å². The van der Waals surface area contributed by atoms with Gasteiger partial charge in [-0.1, -0.05) is 17.7 Å². The van der Waals surface area contributed by atoms with Crippen LogP contribution in [-0.2, 0) is 16.1 Å². The van der Waals surface area contributed by atoms with E-state index in [0.717, 1.165) is 38.0 Å². The lowest BCUT2D eigenvalue weighted by molar-refractivity contribution is -0.144. The molecule has 0 aromatic heterocycles. The Kier molecular flexibility index (Phi) is 7.08. The van der Waals surface area contributed by atoms with Gasteiger partial charge in [0.05, 0.1) is 5.02 Å². The number of carboxylic acids is 1. The number of benzene rings is 1. The van der Waals surface area contributed by atoms with Gasteiger partial charge in [0.15, 0.2) is 6.10 Å². The number of nitrogens with one attached hydrogen (secondary N) is 1. The van der Waals surface area contributed by atoms with Crippen molar-refractivity contribution in [2.75, 3.05) is 20.1 Å². The summed E-state index contributed by atoms with van der Waals surface area (Å²) in [6.45, 7) is 4.15. The molecule has 2 N–H and O–H groups in total. The van der Waals surface area contributed by atoms with Gasteiger partial charge >= 0.3 is 5.97 Å². The first-order valence-electron chi connectivity index (χ1n) is 8.50. The number of nitrogens with zero attached hydrogens (tertiary/aromatic N) is 1. The van der Waals surface area contributed by atoms with Crippen molar-refractivity contribution in [3.05, 3.63) is 28.8 Å². The fraction of sp³-hybridized carbons (Fsp3) is 0.556. The number of rotatable bonds is 7. The maximum atomic E-state index is 11.5. The van der Waals surface area contributed by atoms with Gasteiger partial charge < -0.3 is 15.2 Å². The molecule has 138 valence electrons. The van der Waals surface area contributed by atoms with Gasteiger partial charge in [-0.05, 0) is 56.5 Å². The highest BCUT2D eigenvalue weighted by atomic mass is 35.5. The van der Waals surface area contributed by atoms with Crippen molar-refractivity contribution in [3.8, 4) is 5.75 Å². The van der Waals surface area contributed by atoms with Crippen molar-refractivity contribution in [3.63, 3.8) is 0 Å². The molecule has 1 amide bonds. The van der Waals surface area contributed by atoms with Crippen molar-refractivity contribution in [1.82, 2.24) is 10.2 Å². The number of ether oxygens (including phenoxy) is 1. The highest BCUT2D eigenvalue weighted by Gasteiger charge is 2.21. The standard InChI is InChI=1S/C18H25ClN2O4/c1-12(18(23)24)25-16-4-3-14(9-15(16)19)11-21-7-5-13(6-8-21)10-17(22)20-2/h3-4,9,12-13H,5-8,10-11H2,1-2H3,(H,20,22)(H,23,24). The second-order valence-electron chi connectivity index (χ2n) is 6.46. The first kappa shape index (κ1) is 19.5. The van der Waals surface area contributed by atoms with Gasteiger partial charge in [-0.15, -0.1) is 0 Å². The van der Waals surface area contributed by atoms with Crippen molar-refractivity contribution >= 4 is 23.5 Å². The number of carbonyl (C=O) groups excluding carboxylic acids is 1. The maximum Gasteiger partial charge on any atom is 0.344 e. The van der Waals surface area contributed by atoms with Crippen LogP contribution in [0.25, 0.3) is 0 Å². The third kappa shape index (κ3) is 5.90. The molecule has 7 heteroatoms. The van der Waals surface area contributed by atoms with Crippen LogP contribution in [0.2, 0.25) is 5.02 Å². The van der Waals surface area contributed by atoms with Crippen LogP contribution in [0.1, 0.15) is 31.7 Å². The largest absolute Gasteiger partial charge is 0.479 e. The van der Waals surface area contributed by atoms with Crippen molar-refractivity contribution in [1.29, 1.82) is 0 Å². The van der Waals surface area contributed by atoms with Crippen LogP contribution < -0.4 is 10.1 Å². The Labute approximate surface area is 153 Å². The van der Waals surface area contributed by atoms with E-state index in [1.165, 1.54) is 6.92 Å². The van der Waals surface area contributed by atoms with Gasteiger partial charge in [0.1, 0.15) is 5.75 Å². The summed E-state index contributed by atoms with van der Waals surface area (Å²) in [6, 6.07) is 5.45. The van der Waals surface area contributed by atoms with Crippen LogP contribution in [0.5, 0.6) is 5.75 Å². The summed E-state index contributed by atoms with van der Waals surface area (Å²) in [7, 11) is 1.67. The van der Waals surface area contributed by atoms with E-state index < -0.39 is 12.1 Å². The minimum Gasteiger partial charge on any atom is -0.479 e. The molecule has 1 unspecified atom stereocenters. The second-order valence-corrected chi connectivity index (χ2v) is 6.87. The van der Waals surface area contributed by atoms with E-state index in [2.05, 4.69) is 10.2 Å². The highest BCUT2D eigenvalue weighted by Crippen LogP contribution is 2.28. The number of hydrogen-bond donors (Lipinski definition) is 2. The van der Waals surface area contributed by atoms with Crippen LogP contribution in [0.15, 0.2) is 18.2 Å². The Bertz CT molecular complexity index is 615. The zero-order valence-electron chi connectivity index (χ0n) is 14.6. The molecule has 1 aliphatic rings. The zero-order chi connectivity index (χ0) is 18.4. The molecular weight excluding hydrogens is 344 g/mol. The molecule has 2 rings (SSSR count). The summed E-state index contributed by atoms with van der Waals surface area (Å²) in [6.07, 6.45) is 1.68. The fourth-order valence-corrected chi connectivity index (χ4v) is 3.20. The molecule has 1 aromatic carbocycles. The Hall–Kier alpha value is -1.79. The molecule has 0 spiro atoms. The van der Waals surface area contributed by atoms with Gasteiger partial charge in [-0.2, -0.15) is 0 Å². The van der Waals surface area contributed by atoms with Crippen LogP contribution in [0, 0.1) is 5.92 Å². The molecule has 0 radical (unpaired) electrons. The van der Waals surface area contributed by atoms with Crippen LogP contribution in [0.4, 0.5) is 0 Å². The molecule has 0 bridgehead atoms. The van der Waals surface area contributed by atoms with Gasteiger partial charge in [-0.3, -0.25) is 9.69 Å². The first-order chi connectivity index (χ1) is 11.9. The maximum absolute atomic E-state index is 11.5. The number of aliphatic carboxylic acids is 1. The predicted molar refractivity (Wildman–Crippen MR) is 95.9 cm³/mol. The Morgan fingerprint density at radius 2 is 2.08 bits per heavy atom. The van der Waals surface area contributed by atoms with Crippen molar-refractivity contribution < 1.29 is 19.4 Å². The molecule has 0 saturated carbocycles. The average molecular weight is 369 g/mol. The number of likely N-dealkylation sites (tertiary alicyclic amines) is 1. The number of piperidine rings is 1. The summed E-state index contributed by atoms with van der Waals surface area (Å²) in [4.78, 5) is 24.6. The molecule has 1 atom stereocenters. The molecule has 6 nitrogen and oxygen atoms in total. The summed E-state index contributed by atoms with van der Waals surface area (Å²) in [5.41, 5.74) is 1.06. The normalized spacial score (nSPS) is 17.1. The van der Waals surface area contributed by atoms with Gasteiger partial charge in [-0.25, -0.2) is 4.79 Å². The molecule has 1 aliphatic heterocycles. The van der Waals surface area contributed by atoms with E-state index in [0.29, 0.717) is 23.1 Å². The first-order valence-corrected chi connectivity index (χ1v) is 8.87. The number of carbonyl (C=O) groups is 2. The number of carboxylic acid groups (broad SMARTS) is 1. The van der Waals surface area contributed by atoms with Gasteiger partial charge in [0, 0.05) is 20.0 Å². The number of halogens is 1. The Balaban J connectivity index is 1.86. The lowest BCUT2D eigenvalue weighted by Gasteiger charge is -2.31. The molecule has 1 fully saturated rings. The van der Waals surface area contributed by atoms with Crippen LogP contribution >= 0.6 is 11.6 Å². The quantitative estimate of drug-likeness (QED) is 0.773. The van der Waals surface area contributed by atoms with E-state index >= 15 is 0 Å². The predicted octanol–water partition coefficient (Wildman–Crippen LogP) is 2.54. The van der Waals surface area contributed by atoms with E-state index in [9.17, 15) is 9.59 Å². The number of amides is 1. The number of hydrogen-bond acceptors (Lipinski definition) is 4. The van der Waals surface area contributed by atoms with E-state index in [1.807, 2.05) is 12.1 Å². The summed E-state index contributed by atoms with van der Waals surface area (Å²) < 4.78 is 5.33. The summed E-state index contributed by atoms with van der Waals surface area (Å²) in [5, 5.41) is 12.0. The third-order valence-electron chi connectivity index (χ3n) is 4.51. The third-order valence-corrected chi connectivity index (χ3v) is 4.81. The molecule has 1 heterocycles. The fourth-order valence-electron chi connectivity index (χ4n) is 2.95. The van der Waals surface area contributed by atoms with Crippen molar-refractivity contribution in [2.45, 2.75) is 38.8 Å². The minimum atomic E-state index is -1.03. The van der Waals surface area contributed by atoms with Gasteiger partial charge in [0.25, 0.3) is 0 Å². The molecule has 0 aliphatic carbocycles. The molecule has 1 saturated heterocycles. The SMILES string of the molecule is CNC(=O)CC1CCN(Cc2ccc(OC(C)C(=O)O)c(Cl)c2)CC1. The zero-order valence-corrected chi connectivity index (χ0v) is 15.4. The Morgan fingerprint density at radius 1 is 1.40 bits per heavy atom. The molecule has 1 aromatic rings. The van der Waals surface area contributed by atoms with E-state index in [1.54, 1.807) is 13.1 Å². The van der Waals surface area contributed by atoms with E-state index in [4.69, 9.17) is 21.4 Å². The summed E-state index contributed by atoms with van der Waals surface area (Å²) >= 11 is 6.21. The lowest BCUT2D eigenvalue weighted by Crippen LogP contribution is -2.35. The lowest BCUT2D eigenvalue weighted by atomic mass is 9.93. The van der Waals surface area contributed by atoms with Crippen molar-refractivity contribution in [2.24, 2.45) is 5.92 Å². The highest BCUT2D eigenvalue weighted by molar-refractivity contribution is 6.32. The minimum absolute atomic E-state index is 0.108. The average Bonchev–Trinajstić information content (AvgIpc) is 2.58. The molecular formula is C18H25ClN2O4. The second kappa shape index (κ2) is 9.06. The van der Waals surface area contributed by atoms with Crippen LogP contribution in [-0.4, -0.2) is 48.1 Å². The Morgan fingerprint density at radius 3 is 2.64 bits per heavy atom.